The number of para-hydroxylation sites is 1. The Kier molecular flexibility index (Phi) is 2.46. The summed E-state index contributed by atoms with van der Waals surface area (Å²) in [5, 5.41) is 0. The van der Waals surface area contributed by atoms with Gasteiger partial charge in [0, 0.05) is 18.1 Å². The average Bonchev–Trinajstić information content (AvgIpc) is 2.64. The van der Waals surface area contributed by atoms with Crippen LogP contribution >= 0.6 is 0 Å². The highest BCUT2D eigenvalue weighted by molar-refractivity contribution is 5.48. The Balaban J connectivity index is 2.41. The molecule has 0 aliphatic rings. The molecule has 0 aliphatic heterocycles. The van der Waals surface area contributed by atoms with Gasteiger partial charge in [-0.2, -0.15) is 0 Å². The molecule has 0 bridgehead atoms. The van der Waals surface area contributed by atoms with Crippen LogP contribution < -0.4 is 5.73 Å². The van der Waals surface area contributed by atoms with E-state index in [1.807, 2.05) is 37.5 Å². The largest absolute Gasteiger partial charge is 0.398 e. The molecular formula is C12H15N3. The Morgan fingerprint density at radius 3 is 2.67 bits per heavy atom. The quantitative estimate of drug-likeness (QED) is 0.758. The first-order valence-corrected chi connectivity index (χ1v) is 5.04. The molecule has 2 rings (SSSR count). The number of aromatic nitrogens is 2. The molecular weight excluding hydrogens is 186 g/mol. The molecule has 0 saturated heterocycles. The van der Waals surface area contributed by atoms with Gasteiger partial charge in [0.1, 0.15) is 5.82 Å². The molecule has 15 heavy (non-hydrogen) atoms. The average molecular weight is 201 g/mol. The molecule has 1 heterocycles. The third-order valence-corrected chi connectivity index (χ3v) is 2.73. The Morgan fingerprint density at radius 1 is 1.33 bits per heavy atom. The van der Waals surface area contributed by atoms with E-state index >= 15 is 0 Å². The number of nitrogen functional groups attached to an aromatic ring is 1. The molecule has 0 amide bonds. The van der Waals surface area contributed by atoms with Crippen molar-refractivity contribution in [3.8, 4) is 0 Å². The fourth-order valence-corrected chi connectivity index (χ4v) is 1.84. The van der Waals surface area contributed by atoms with Crippen LogP contribution in [0.2, 0.25) is 0 Å². The van der Waals surface area contributed by atoms with Crippen LogP contribution in [0.15, 0.2) is 36.7 Å². The second-order valence-corrected chi connectivity index (χ2v) is 3.69. The Morgan fingerprint density at radius 2 is 2.07 bits per heavy atom. The SMILES string of the molecule is Cc1nccn1C(C)c1ccccc1N. The van der Waals surface area contributed by atoms with E-state index in [4.69, 9.17) is 5.73 Å². The van der Waals surface area contributed by atoms with Crippen molar-refractivity contribution in [1.82, 2.24) is 9.55 Å². The number of hydrogen-bond acceptors (Lipinski definition) is 2. The van der Waals surface area contributed by atoms with Gasteiger partial charge in [-0.05, 0) is 25.5 Å². The number of hydrogen-bond donors (Lipinski definition) is 1. The maximum atomic E-state index is 5.94. The van der Waals surface area contributed by atoms with E-state index in [1.54, 1.807) is 0 Å². The molecule has 3 nitrogen and oxygen atoms in total. The van der Waals surface area contributed by atoms with Gasteiger partial charge in [-0.1, -0.05) is 18.2 Å². The molecule has 1 unspecified atom stereocenters. The van der Waals surface area contributed by atoms with Crippen molar-refractivity contribution < 1.29 is 0 Å². The van der Waals surface area contributed by atoms with E-state index in [2.05, 4.69) is 22.5 Å². The summed E-state index contributed by atoms with van der Waals surface area (Å²) in [5.74, 6) is 1.01. The minimum absolute atomic E-state index is 0.230. The van der Waals surface area contributed by atoms with Gasteiger partial charge in [0.05, 0.1) is 6.04 Å². The van der Waals surface area contributed by atoms with Crippen molar-refractivity contribution in [3.05, 3.63) is 48.0 Å². The summed E-state index contributed by atoms with van der Waals surface area (Å²) in [6.45, 7) is 4.12. The second-order valence-electron chi connectivity index (χ2n) is 3.69. The van der Waals surface area contributed by atoms with Gasteiger partial charge in [-0.25, -0.2) is 4.98 Å². The first-order valence-electron chi connectivity index (χ1n) is 5.04. The zero-order chi connectivity index (χ0) is 10.8. The lowest BCUT2D eigenvalue weighted by Crippen LogP contribution is -2.09. The van der Waals surface area contributed by atoms with Crippen molar-refractivity contribution in [2.45, 2.75) is 19.9 Å². The van der Waals surface area contributed by atoms with Gasteiger partial charge in [-0.15, -0.1) is 0 Å². The topological polar surface area (TPSA) is 43.8 Å². The highest BCUT2D eigenvalue weighted by Crippen LogP contribution is 2.23. The first-order chi connectivity index (χ1) is 7.20. The summed E-state index contributed by atoms with van der Waals surface area (Å²) in [5.41, 5.74) is 7.91. The number of nitrogens with zero attached hydrogens (tertiary/aromatic N) is 2. The minimum Gasteiger partial charge on any atom is -0.398 e. The van der Waals surface area contributed by atoms with E-state index in [-0.39, 0.29) is 6.04 Å². The molecule has 0 spiro atoms. The van der Waals surface area contributed by atoms with Crippen LogP contribution in [-0.4, -0.2) is 9.55 Å². The predicted molar refractivity (Wildman–Crippen MR) is 61.6 cm³/mol. The van der Waals surface area contributed by atoms with Crippen LogP contribution in [0.5, 0.6) is 0 Å². The fourth-order valence-electron chi connectivity index (χ4n) is 1.84. The smallest absolute Gasteiger partial charge is 0.106 e. The van der Waals surface area contributed by atoms with Gasteiger partial charge in [0.25, 0.3) is 0 Å². The zero-order valence-electron chi connectivity index (χ0n) is 9.01. The molecule has 78 valence electrons. The number of benzene rings is 1. The summed E-state index contributed by atoms with van der Waals surface area (Å²) < 4.78 is 2.12. The first kappa shape index (κ1) is 9.77. The van der Waals surface area contributed by atoms with Gasteiger partial charge < -0.3 is 10.3 Å². The lowest BCUT2D eigenvalue weighted by atomic mass is 10.1. The molecule has 0 radical (unpaired) electrons. The fraction of sp³-hybridized carbons (Fsp3) is 0.250. The molecule has 1 atom stereocenters. The monoisotopic (exact) mass is 201 g/mol. The standard InChI is InChI=1S/C12H15N3/c1-9(15-8-7-14-10(15)2)11-5-3-4-6-12(11)13/h3-9H,13H2,1-2H3. The van der Waals surface area contributed by atoms with E-state index < -0.39 is 0 Å². The van der Waals surface area contributed by atoms with Crippen molar-refractivity contribution in [1.29, 1.82) is 0 Å². The molecule has 1 aromatic heterocycles. The minimum atomic E-state index is 0.230. The van der Waals surface area contributed by atoms with Crippen LogP contribution in [0.3, 0.4) is 0 Å². The summed E-state index contributed by atoms with van der Waals surface area (Å²) in [7, 11) is 0. The summed E-state index contributed by atoms with van der Waals surface area (Å²) in [6, 6.07) is 8.17. The number of aryl methyl sites for hydroxylation is 1. The summed E-state index contributed by atoms with van der Waals surface area (Å²) >= 11 is 0. The van der Waals surface area contributed by atoms with Crippen LogP contribution in [0.25, 0.3) is 0 Å². The normalized spacial score (nSPS) is 12.7. The molecule has 2 N–H and O–H groups in total. The van der Waals surface area contributed by atoms with E-state index in [0.29, 0.717) is 0 Å². The van der Waals surface area contributed by atoms with Crippen LogP contribution in [0.1, 0.15) is 24.4 Å². The summed E-state index contributed by atoms with van der Waals surface area (Å²) in [4.78, 5) is 4.22. The maximum absolute atomic E-state index is 5.94. The molecule has 1 aromatic carbocycles. The lowest BCUT2D eigenvalue weighted by molar-refractivity contribution is 0.620. The van der Waals surface area contributed by atoms with E-state index in [1.165, 1.54) is 0 Å². The van der Waals surface area contributed by atoms with Gasteiger partial charge in [0.15, 0.2) is 0 Å². The predicted octanol–water partition coefficient (Wildman–Crippen LogP) is 2.38. The molecule has 0 aliphatic carbocycles. The third-order valence-electron chi connectivity index (χ3n) is 2.73. The molecule has 0 fully saturated rings. The van der Waals surface area contributed by atoms with Gasteiger partial charge >= 0.3 is 0 Å². The molecule has 2 aromatic rings. The van der Waals surface area contributed by atoms with Gasteiger partial charge in [0.2, 0.25) is 0 Å². The van der Waals surface area contributed by atoms with Crippen LogP contribution in [0.4, 0.5) is 5.69 Å². The van der Waals surface area contributed by atoms with Crippen molar-refractivity contribution in [3.63, 3.8) is 0 Å². The van der Waals surface area contributed by atoms with Crippen LogP contribution in [0, 0.1) is 6.92 Å². The van der Waals surface area contributed by atoms with Crippen molar-refractivity contribution in [2.24, 2.45) is 0 Å². The Labute approximate surface area is 89.6 Å². The number of anilines is 1. The maximum Gasteiger partial charge on any atom is 0.106 e. The zero-order valence-corrected chi connectivity index (χ0v) is 9.01. The third kappa shape index (κ3) is 1.73. The number of rotatable bonds is 2. The van der Waals surface area contributed by atoms with Crippen LogP contribution in [-0.2, 0) is 0 Å². The van der Waals surface area contributed by atoms with Gasteiger partial charge in [-0.3, -0.25) is 0 Å². The lowest BCUT2D eigenvalue weighted by Gasteiger charge is -2.17. The Hall–Kier alpha value is -1.77. The van der Waals surface area contributed by atoms with E-state index in [0.717, 1.165) is 17.1 Å². The second kappa shape index (κ2) is 3.77. The summed E-state index contributed by atoms with van der Waals surface area (Å²) in [6.07, 6.45) is 3.79. The number of imidazole rings is 1. The molecule has 3 heteroatoms. The van der Waals surface area contributed by atoms with Crippen molar-refractivity contribution in [2.75, 3.05) is 5.73 Å². The highest BCUT2D eigenvalue weighted by atomic mass is 15.1. The Bertz CT molecular complexity index is 459. The van der Waals surface area contributed by atoms with Crippen molar-refractivity contribution >= 4 is 5.69 Å². The molecule has 0 saturated carbocycles. The van der Waals surface area contributed by atoms with E-state index in [9.17, 15) is 0 Å². The number of nitrogens with two attached hydrogens (primary N) is 1. The highest BCUT2D eigenvalue weighted by Gasteiger charge is 2.11.